The van der Waals surface area contributed by atoms with E-state index < -0.39 is 10.0 Å². The molecule has 0 radical (unpaired) electrons. The van der Waals surface area contributed by atoms with Crippen molar-refractivity contribution in [3.8, 4) is 0 Å². The van der Waals surface area contributed by atoms with Crippen LogP contribution in [0, 0.1) is 0 Å². The van der Waals surface area contributed by atoms with Gasteiger partial charge in [-0.05, 0) is 54.0 Å². The highest BCUT2D eigenvalue weighted by Crippen LogP contribution is 2.31. The molecule has 5 nitrogen and oxygen atoms in total. The number of rotatable bonds is 4. The molecular formula is C13H19Br2N3O2S. The first-order chi connectivity index (χ1) is 9.83. The molecule has 1 aliphatic rings. The number of hydrogen-bond donors (Lipinski definition) is 2. The average molecular weight is 441 g/mol. The number of likely N-dealkylation sites (tertiary alicyclic amines) is 1. The molecule has 1 unspecified atom stereocenters. The molecule has 8 heteroatoms. The Hall–Kier alpha value is -0.150. The smallest absolute Gasteiger partial charge is 0.244 e. The Bertz CT molecular complexity index is 599. The highest BCUT2D eigenvalue weighted by Gasteiger charge is 2.27. The van der Waals surface area contributed by atoms with Crippen molar-refractivity contribution in [3.63, 3.8) is 0 Å². The Morgan fingerprint density at radius 3 is 2.76 bits per heavy atom. The summed E-state index contributed by atoms with van der Waals surface area (Å²) in [6.07, 6.45) is 1.85. The van der Waals surface area contributed by atoms with E-state index in [2.05, 4.69) is 48.4 Å². The van der Waals surface area contributed by atoms with E-state index in [-0.39, 0.29) is 16.6 Å². The summed E-state index contributed by atoms with van der Waals surface area (Å²) in [5, 5.41) is 0. The highest BCUT2D eigenvalue weighted by molar-refractivity contribution is 9.11. The van der Waals surface area contributed by atoms with Gasteiger partial charge in [0.05, 0.1) is 5.69 Å². The number of piperidine rings is 1. The van der Waals surface area contributed by atoms with Crippen molar-refractivity contribution in [2.24, 2.45) is 0 Å². The molecule has 0 spiro atoms. The first-order valence-electron chi connectivity index (χ1n) is 6.82. The molecule has 0 saturated carbocycles. The summed E-state index contributed by atoms with van der Waals surface area (Å²) < 4.78 is 29.2. The number of nitrogens with two attached hydrogens (primary N) is 1. The fraction of sp³-hybridized carbons (Fsp3) is 0.538. The molecule has 1 aromatic rings. The Morgan fingerprint density at radius 2 is 2.14 bits per heavy atom. The topological polar surface area (TPSA) is 75.4 Å². The minimum Gasteiger partial charge on any atom is -0.398 e. The first-order valence-corrected chi connectivity index (χ1v) is 9.89. The van der Waals surface area contributed by atoms with Crippen LogP contribution < -0.4 is 10.5 Å². The minimum atomic E-state index is -3.64. The molecule has 1 atom stereocenters. The molecule has 1 heterocycles. The van der Waals surface area contributed by atoms with E-state index in [1.807, 2.05) is 0 Å². The van der Waals surface area contributed by atoms with Gasteiger partial charge in [-0.2, -0.15) is 0 Å². The molecule has 118 valence electrons. The predicted molar refractivity (Wildman–Crippen MR) is 91.7 cm³/mol. The van der Waals surface area contributed by atoms with Crippen LogP contribution in [0.1, 0.15) is 19.8 Å². The lowest BCUT2D eigenvalue weighted by atomic mass is 10.1. The van der Waals surface area contributed by atoms with Crippen molar-refractivity contribution < 1.29 is 8.42 Å². The van der Waals surface area contributed by atoms with Crippen molar-refractivity contribution in [2.45, 2.75) is 30.7 Å². The molecule has 0 aliphatic carbocycles. The van der Waals surface area contributed by atoms with Crippen molar-refractivity contribution >= 4 is 47.6 Å². The van der Waals surface area contributed by atoms with Crippen LogP contribution >= 0.6 is 31.9 Å². The van der Waals surface area contributed by atoms with E-state index in [4.69, 9.17) is 5.73 Å². The number of benzene rings is 1. The van der Waals surface area contributed by atoms with Crippen molar-refractivity contribution in [2.75, 3.05) is 25.4 Å². The third-order valence-corrected chi connectivity index (χ3v) is 6.56. The molecule has 3 N–H and O–H groups in total. The number of nitrogen functional groups attached to an aromatic ring is 1. The second-order valence-electron chi connectivity index (χ2n) is 5.16. The minimum absolute atomic E-state index is 0.0707. The predicted octanol–water partition coefficient (Wildman–Crippen LogP) is 2.56. The molecule has 0 amide bonds. The summed E-state index contributed by atoms with van der Waals surface area (Å²) in [6.45, 7) is 4.78. The van der Waals surface area contributed by atoms with Crippen LogP contribution in [-0.4, -0.2) is 39.0 Å². The maximum absolute atomic E-state index is 12.6. The van der Waals surface area contributed by atoms with Gasteiger partial charge in [0.2, 0.25) is 10.0 Å². The van der Waals surface area contributed by atoms with Crippen LogP contribution in [0.5, 0.6) is 0 Å². The number of hydrogen-bond acceptors (Lipinski definition) is 4. The quantitative estimate of drug-likeness (QED) is 0.705. The van der Waals surface area contributed by atoms with Crippen molar-refractivity contribution in [1.82, 2.24) is 9.62 Å². The van der Waals surface area contributed by atoms with Gasteiger partial charge in [-0.3, -0.25) is 0 Å². The molecule has 1 aromatic carbocycles. The molecule has 0 bridgehead atoms. The van der Waals surface area contributed by atoms with Gasteiger partial charge >= 0.3 is 0 Å². The number of sulfonamides is 1. The van der Waals surface area contributed by atoms with Crippen molar-refractivity contribution in [3.05, 3.63) is 21.1 Å². The Balaban J connectivity index is 2.23. The van der Waals surface area contributed by atoms with Gasteiger partial charge in [0.1, 0.15) is 4.90 Å². The van der Waals surface area contributed by atoms with Gasteiger partial charge in [0, 0.05) is 21.5 Å². The molecule has 0 aromatic heterocycles. The zero-order valence-electron chi connectivity index (χ0n) is 11.8. The fourth-order valence-electron chi connectivity index (χ4n) is 2.58. The molecule has 1 saturated heterocycles. The van der Waals surface area contributed by atoms with E-state index in [9.17, 15) is 8.42 Å². The van der Waals surface area contributed by atoms with Crippen molar-refractivity contribution in [1.29, 1.82) is 0 Å². The van der Waals surface area contributed by atoms with Crippen LogP contribution in [0.2, 0.25) is 0 Å². The summed E-state index contributed by atoms with van der Waals surface area (Å²) in [6, 6.07) is 3.21. The fourth-order valence-corrected chi connectivity index (χ4v) is 5.91. The summed E-state index contributed by atoms with van der Waals surface area (Å²) in [5.74, 6) is 0. The second-order valence-corrected chi connectivity index (χ2v) is 8.58. The number of halogens is 2. The number of likely N-dealkylation sites (N-methyl/N-ethyl adjacent to an activating group) is 1. The summed E-state index contributed by atoms with van der Waals surface area (Å²) in [4.78, 5) is 2.36. The maximum atomic E-state index is 12.6. The molecule has 2 rings (SSSR count). The van der Waals surface area contributed by atoms with Gasteiger partial charge in [-0.15, -0.1) is 0 Å². The molecular weight excluding hydrogens is 422 g/mol. The Labute approximate surface area is 142 Å². The number of nitrogens with zero attached hydrogens (tertiary/aromatic N) is 1. The highest BCUT2D eigenvalue weighted by atomic mass is 79.9. The summed E-state index contributed by atoms with van der Waals surface area (Å²) in [5.41, 5.74) is 6.11. The number of anilines is 1. The molecule has 1 fully saturated rings. The standard InChI is InChI=1S/C13H19Br2N3O2S/c1-2-18-5-3-4-10(8-18)17-21(19,20)13-11(15)6-9(14)7-12(13)16/h6-7,10,17H,2-5,8,16H2,1H3. The number of nitrogens with one attached hydrogen (secondary N) is 1. The normalized spacial score (nSPS) is 20.6. The van der Waals surface area contributed by atoms with Crippen LogP contribution in [0.15, 0.2) is 26.0 Å². The van der Waals surface area contributed by atoms with Crippen LogP contribution in [0.3, 0.4) is 0 Å². The third-order valence-electron chi connectivity index (χ3n) is 3.58. The summed E-state index contributed by atoms with van der Waals surface area (Å²) in [7, 11) is -3.64. The van der Waals surface area contributed by atoms with Crippen LogP contribution in [-0.2, 0) is 10.0 Å². The largest absolute Gasteiger partial charge is 0.398 e. The lowest BCUT2D eigenvalue weighted by Gasteiger charge is -2.32. The zero-order valence-corrected chi connectivity index (χ0v) is 15.8. The zero-order chi connectivity index (χ0) is 15.6. The van der Waals surface area contributed by atoms with Crippen LogP contribution in [0.25, 0.3) is 0 Å². The average Bonchev–Trinajstić information content (AvgIpc) is 2.36. The summed E-state index contributed by atoms with van der Waals surface area (Å²) >= 11 is 6.58. The van der Waals surface area contributed by atoms with E-state index >= 15 is 0 Å². The van der Waals surface area contributed by atoms with E-state index in [1.54, 1.807) is 12.1 Å². The monoisotopic (exact) mass is 439 g/mol. The Morgan fingerprint density at radius 1 is 1.43 bits per heavy atom. The first kappa shape index (κ1) is 17.2. The molecule has 21 heavy (non-hydrogen) atoms. The van der Waals surface area contributed by atoms with Gasteiger partial charge in [0.15, 0.2) is 0 Å². The molecule has 1 aliphatic heterocycles. The van der Waals surface area contributed by atoms with Gasteiger partial charge in [-0.25, -0.2) is 13.1 Å². The van der Waals surface area contributed by atoms with E-state index in [0.717, 1.165) is 36.9 Å². The van der Waals surface area contributed by atoms with Gasteiger partial charge in [0.25, 0.3) is 0 Å². The maximum Gasteiger partial charge on any atom is 0.244 e. The third kappa shape index (κ3) is 4.19. The van der Waals surface area contributed by atoms with E-state index in [1.165, 1.54) is 0 Å². The van der Waals surface area contributed by atoms with Gasteiger partial charge < -0.3 is 10.6 Å². The Kier molecular flexibility index (Phi) is 5.70. The van der Waals surface area contributed by atoms with Gasteiger partial charge in [-0.1, -0.05) is 22.9 Å². The van der Waals surface area contributed by atoms with E-state index in [0.29, 0.717) is 4.47 Å². The lowest BCUT2D eigenvalue weighted by molar-refractivity contribution is 0.211. The van der Waals surface area contributed by atoms with Crippen LogP contribution in [0.4, 0.5) is 5.69 Å². The SMILES string of the molecule is CCN1CCCC(NS(=O)(=O)c2c(N)cc(Br)cc2Br)C1. The lowest BCUT2D eigenvalue weighted by Crippen LogP contribution is -2.47. The second kappa shape index (κ2) is 6.95.